The molecule has 0 atom stereocenters. The van der Waals surface area contributed by atoms with Gasteiger partial charge in [-0.15, -0.1) is 0 Å². The highest BCUT2D eigenvalue weighted by Crippen LogP contribution is 2.14. The van der Waals surface area contributed by atoms with E-state index in [-0.39, 0.29) is 5.78 Å². The minimum atomic E-state index is 0.167. The molecule has 1 aromatic carbocycles. The summed E-state index contributed by atoms with van der Waals surface area (Å²) < 4.78 is 0. The van der Waals surface area contributed by atoms with Crippen LogP contribution in [0, 0.1) is 0 Å². The lowest BCUT2D eigenvalue weighted by Gasteiger charge is -2.17. The normalized spacial score (nSPS) is 11.3. The molecule has 112 valence electrons. The number of nitrogens with zero attached hydrogens (tertiary/aromatic N) is 1. The first kappa shape index (κ1) is 16.9. The predicted octanol–water partition coefficient (Wildman–Crippen LogP) is 2.92. The van der Waals surface area contributed by atoms with Crippen LogP contribution in [0.5, 0.6) is 0 Å². The number of Topliss-reactive ketones (excluding diaryl/α,β-unsaturated/α-hetero) is 1. The maximum atomic E-state index is 12.0. The second-order valence-electron chi connectivity index (χ2n) is 5.40. The number of hydrogen-bond donors (Lipinski definition) is 1. The van der Waals surface area contributed by atoms with E-state index in [0.717, 1.165) is 31.7 Å². The smallest absolute Gasteiger partial charge is 0.176 e. The lowest BCUT2D eigenvalue weighted by atomic mass is 10.0. The van der Waals surface area contributed by atoms with Gasteiger partial charge in [0.05, 0.1) is 6.54 Å². The first-order valence-corrected chi connectivity index (χ1v) is 7.64. The molecule has 0 spiro atoms. The molecular formula is C17H28N2O. The van der Waals surface area contributed by atoms with Crippen molar-refractivity contribution < 1.29 is 4.79 Å². The number of nitrogens with one attached hydrogen (secondary N) is 1. The molecule has 0 amide bonds. The summed E-state index contributed by atoms with van der Waals surface area (Å²) in [5.41, 5.74) is 2.07. The molecule has 0 unspecified atom stereocenters. The molecule has 20 heavy (non-hydrogen) atoms. The molecule has 1 rings (SSSR count). The summed E-state index contributed by atoms with van der Waals surface area (Å²) in [4.78, 5) is 14.4. The van der Waals surface area contributed by atoms with E-state index >= 15 is 0 Å². The average Bonchev–Trinajstić information content (AvgIpc) is 2.47. The quantitative estimate of drug-likeness (QED) is 0.556. The molecule has 0 aliphatic heterocycles. The van der Waals surface area contributed by atoms with Crippen molar-refractivity contribution in [3.8, 4) is 0 Å². The Morgan fingerprint density at radius 2 is 1.75 bits per heavy atom. The van der Waals surface area contributed by atoms with E-state index in [1.54, 1.807) is 0 Å². The molecule has 0 heterocycles. The molecule has 3 heteroatoms. The van der Waals surface area contributed by atoms with Gasteiger partial charge in [0.1, 0.15) is 0 Å². The molecule has 0 aliphatic rings. The first-order chi connectivity index (χ1) is 9.58. The number of carbonyl (C=O) groups excluding carboxylic acids is 1. The summed E-state index contributed by atoms with van der Waals surface area (Å²) in [6.45, 7) is 13.0. The second-order valence-corrected chi connectivity index (χ2v) is 5.40. The molecule has 0 aromatic heterocycles. The number of rotatable bonds is 9. The van der Waals surface area contributed by atoms with Crippen LogP contribution in [0.4, 0.5) is 0 Å². The van der Waals surface area contributed by atoms with Crippen molar-refractivity contribution in [2.24, 2.45) is 0 Å². The van der Waals surface area contributed by atoms with Gasteiger partial charge in [0, 0.05) is 18.7 Å². The molecule has 0 saturated heterocycles. The predicted molar refractivity (Wildman–Crippen MR) is 85.5 cm³/mol. The molecule has 3 nitrogen and oxygen atoms in total. The highest BCUT2D eigenvalue weighted by molar-refractivity contribution is 5.97. The van der Waals surface area contributed by atoms with Crippen LogP contribution in [-0.4, -0.2) is 43.4 Å². The highest BCUT2D eigenvalue weighted by Gasteiger charge is 2.06. The van der Waals surface area contributed by atoms with E-state index in [1.807, 2.05) is 24.3 Å². The van der Waals surface area contributed by atoms with Gasteiger partial charge in [-0.05, 0) is 24.6 Å². The van der Waals surface area contributed by atoms with E-state index in [4.69, 9.17) is 0 Å². The number of hydrogen-bond acceptors (Lipinski definition) is 3. The largest absolute Gasteiger partial charge is 0.308 e. The fraction of sp³-hybridized carbons (Fsp3) is 0.588. The number of likely N-dealkylation sites (N-methyl/N-ethyl adjacent to an activating group) is 1. The molecular weight excluding hydrogens is 248 g/mol. The third kappa shape index (κ3) is 5.43. The molecule has 0 saturated carbocycles. The van der Waals surface area contributed by atoms with E-state index in [1.165, 1.54) is 5.56 Å². The summed E-state index contributed by atoms with van der Waals surface area (Å²) in [6.07, 6.45) is 0. The summed E-state index contributed by atoms with van der Waals surface area (Å²) >= 11 is 0. The van der Waals surface area contributed by atoms with Crippen LogP contribution in [0.2, 0.25) is 0 Å². The Labute approximate surface area is 123 Å². The number of carbonyl (C=O) groups is 1. The van der Waals surface area contributed by atoms with Gasteiger partial charge in [0.15, 0.2) is 5.78 Å². The van der Waals surface area contributed by atoms with Gasteiger partial charge in [-0.3, -0.25) is 4.79 Å². The molecule has 0 fully saturated rings. The van der Waals surface area contributed by atoms with E-state index < -0.39 is 0 Å². The van der Waals surface area contributed by atoms with Gasteiger partial charge in [-0.1, -0.05) is 52.0 Å². The van der Waals surface area contributed by atoms with Crippen LogP contribution in [0.1, 0.15) is 49.5 Å². The minimum Gasteiger partial charge on any atom is -0.308 e. The van der Waals surface area contributed by atoms with E-state index in [9.17, 15) is 4.79 Å². The maximum Gasteiger partial charge on any atom is 0.176 e. The molecule has 0 bridgehead atoms. The zero-order chi connectivity index (χ0) is 15.0. The van der Waals surface area contributed by atoms with Crippen LogP contribution < -0.4 is 5.32 Å². The van der Waals surface area contributed by atoms with Crippen molar-refractivity contribution in [1.29, 1.82) is 0 Å². The van der Waals surface area contributed by atoms with Crippen molar-refractivity contribution >= 4 is 5.78 Å². The number of benzene rings is 1. The standard InChI is InChI=1S/C17H28N2O/c1-5-19(6-2)12-11-18-13-17(20)16-9-7-15(8-10-16)14(3)4/h7-10,14,18H,5-6,11-13H2,1-4H3. The fourth-order valence-corrected chi connectivity index (χ4v) is 2.13. The van der Waals surface area contributed by atoms with Gasteiger partial charge >= 0.3 is 0 Å². The SMILES string of the molecule is CCN(CC)CCNCC(=O)c1ccc(C(C)C)cc1. The van der Waals surface area contributed by atoms with Gasteiger partial charge in [0.2, 0.25) is 0 Å². The van der Waals surface area contributed by atoms with Gasteiger partial charge in [-0.25, -0.2) is 0 Å². The Morgan fingerprint density at radius 3 is 2.25 bits per heavy atom. The highest BCUT2D eigenvalue weighted by atomic mass is 16.1. The monoisotopic (exact) mass is 276 g/mol. The zero-order valence-corrected chi connectivity index (χ0v) is 13.3. The molecule has 1 aromatic rings. The van der Waals surface area contributed by atoms with Gasteiger partial charge < -0.3 is 10.2 Å². The average molecular weight is 276 g/mol. The van der Waals surface area contributed by atoms with Crippen LogP contribution in [0.3, 0.4) is 0 Å². The summed E-state index contributed by atoms with van der Waals surface area (Å²) in [5, 5.41) is 3.23. The summed E-state index contributed by atoms with van der Waals surface area (Å²) in [6, 6.07) is 7.97. The van der Waals surface area contributed by atoms with Crippen molar-refractivity contribution in [2.75, 3.05) is 32.7 Å². The van der Waals surface area contributed by atoms with E-state index in [2.05, 4.69) is 37.9 Å². The van der Waals surface area contributed by atoms with Crippen LogP contribution in [-0.2, 0) is 0 Å². The Kier molecular flexibility index (Phi) is 7.48. The third-order valence-corrected chi connectivity index (χ3v) is 3.68. The summed E-state index contributed by atoms with van der Waals surface area (Å²) in [5.74, 6) is 0.672. The topological polar surface area (TPSA) is 32.3 Å². The van der Waals surface area contributed by atoms with Crippen LogP contribution in [0.25, 0.3) is 0 Å². The van der Waals surface area contributed by atoms with Crippen molar-refractivity contribution in [3.05, 3.63) is 35.4 Å². The number of ketones is 1. The van der Waals surface area contributed by atoms with Crippen molar-refractivity contribution in [3.63, 3.8) is 0 Å². The summed E-state index contributed by atoms with van der Waals surface area (Å²) in [7, 11) is 0. The Bertz CT molecular complexity index is 394. The molecule has 0 aliphatic carbocycles. The minimum absolute atomic E-state index is 0.167. The fourth-order valence-electron chi connectivity index (χ4n) is 2.13. The maximum absolute atomic E-state index is 12.0. The van der Waals surface area contributed by atoms with Crippen molar-refractivity contribution in [2.45, 2.75) is 33.6 Å². The molecule has 1 N–H and O–H groups in total. The Morgan fingerprint density at radius 1 is 1.15 bits per heavy atom. The lowest BCUT2D eigenvalue weighted by Crippen LogP contribution is -2.34. The molecule has 0 radical (unpaired) electrons. The van der Waals surface area contributed by atoms with Gasteiger partial charge in [-0.2, -0.15) is 0 Å². The third-order valence-electron chi connectivity index (χ3n) is 3.68. The lowest BCUT2D eigenvalue weighted by molar-refractivity contribution is 0.0990. The van der Waals surface area contributed by atoms with Crippen molar-refractivity contribution in [1.82, 2.24) is 10.2 Å². The van der Waals surface area contributed by atoms with E-state index in [0.29, 0.717) is 12.5 Å². The zero-order valence-electron chi connectivity index (χ0n) is 13.3. The van der Waals surface area contributed by atoms with Crippen LogP contribution >= 0.6 is 0 Å². The Balaban J connectivity index is 2.35. The second kappa shape index (κ2) is 8.88. The van der Waals surface area contributed by atoms with Gasteiger partial charge in [0.25, 0.3) is 0 Å². The van der Waals surface area contributed by atoms with Crippen LogP contribution in [0.15, 0.2) is 24.3 Å². The Hall–Kier alpha value is -1.19. The first-order valence-electron chi connectivity index (χ1n) is 7.64.